The van der Waals surface area contributed by atoms with Gasteiger partial charge in [-0.15, -0.1) is 0 Å². The molecule has 2 heterocycles. The Morgan fingerprint density at radius 2 is 2.18 bits per heavy atom. The number of nitrogens with one attached hydrogen (secondary N) is 1. The molecule has 0 aliphatic carbocycles. The first-order valence-electron chi connectivity index (χ1n) is 6.27. The van der Waals surface area contributed by atoms with Gasteiger partial charge in [-0.05, 0) is 57.5 Å². The van der Waals surface area contributed by atoms with Crippen molar-refractivity contribution in [2.24, 2.45) is 5.92 Å². The molecule has 0 spiro atoms. The highest BCUT2D eigenvalue weighted by Crippen LogP contribution is 2.20. The Bertz CT molecular complexity index is 404. The molecule has 1 aliphatic rings. The molecule has 0 unspecified atom stereocenters. The zero-order valence-electron chi connectivity index (χ0n) is 10.4. The zero-order chi connectivity index (χ0) is 12.3. The van der Waals surface area contributed by atoms with Gasteiger partial charge in [0.15, 0.2) is 4.77 Å². The summed E-state index contributed by atoms with van der Waals surface area (Å²) in [6.45, 7) is 3.39. The molecule has 0 aromatic carbocycles. The topological polar surface area (TPSA) is 44.2 Å². The molecule has 96 valence electrons. The summed E-state index contributed by atoms with van der Waals surface area (Å²) >= 11 is 5.21. The molecule has 5 heteroatoms. The fraction of sp³-hybridized carbons (Fsp3) is 0.750. The van der Waals surface area contributed by atoms with Crippen LogP contribution in [0.25, 0.3) is 0 Å². The summed E-state index contributed by atoms with van der Waals surface area (Å²) in [4.78, 5) is 5.38. The van der Waals surface area contributed by atoms with Crippen LogP contribution in [-0.4, -0.2) is 39.7 Å². The third-order valence-electron chi connectivity index (χ3n) is 3.72. The minimum absolute atomic E-state index is 0.0561. The van der Waals surface area contributed by atoms with Crippen molar-refractivity contribution in [3.63, 3.8) is 0 Å². The third kappa shape index (κ3) is 3.18. The molecule has 0 bridgehead atoms. The molecule has 1 saturated heterocycles. The number of hydrogen-bond donors (Lipinski definition) is 2. The monoisotopic (exact) mass is 255 g/mol. The van der Waals surface area contributed by atoms with E-state index in [0.29, 0.717) is 0 Å². The van der Waals surface area contributed by atoms with Gasteiger partial charge in [0.05, 0.1) is 12.3 Å². The van der Waals surface area contributed by atoms with Gasteiger partial charge < -0.3 is 19.6 Å². The summed E-state index contributed by atoms with van der Waals surface area (Å²) in [6, 6.07) is 0. The summed E-state index contributed by atoms with van der Waals surface area (Å²) in [5.74, 6) is 0.801. The van der Waals surface area contributed by atoms with E-state index in [0.717, 1.165) is 29.3 Å². The van der Waals surface area contributed by atoms with Crippen LogP contribution in [0, 0.1) is 10.7 Å². The van der Waals surface area contributed by atoms with Crippen molar-refractivity contribution in [3.05, 3.63) is 16.7 Å². The van der Waals surface area contributed by atoms with E-state index in [2.05, 4.69) is 16.9 Å². The van der Waals surface area contributed by atoms with Crippen LogP contribution < -0.4 is 0 Å². The van der Waals surface area contributed by atoms with E-state index < -0.39 is 0 Å². The van der Waals surface area contributed by atoms with Crippen LogP contribution in [0.1, 0.15) is 25.0 Å². The van der Waals surface area contributed by atoms with Gasteiger partial charge in [-0.1, -0.05) is 0 Å². The second kappa shape index (κ2) is 5.80. The van der Waals surface area contributed by atoms with E-state index in [4.69, 9.17) is 12.2 Å². The summed E-state index contributed by atoms with van der Waals surface area (Å²) in [7, 11) is 2.18. The molecule has 0 saturated carbocycles. The summed E-state index contributed by atoms with van der Waals surface area (Å²) in [5.41, 5.74) is 0.892. The largest absolute Gasteiger partial charge is 0.390 e. The number of piperidine rings is 1. The molecular formula is C12H21N3OS. The van der Waals surface area contributed by atoms with E-state index in [1.54, 1.807) is 6.20 Å². The number of H-pyrrole nitrogens is 1. The van der Waals surface area contributed by atoms with Gasteiger partial charge in [0.25, 0.3) is 0 Å². The standard InChI is InChI=1S/C12H21N3OS/c1-14-5-2-10(3-6-14)4-7-15-11(9-16)8-13-12(15)17/h8,10,16H,2-7,9H2,1H3,(H,13,17). The Labute approximate surface area is 107 Å². The fourth-order valence-electron chi connectivity index (χ4n) is 2.47. The van der Waals surface area contributed by atoms with Gasteiger partial charge in [-0.2, -0.15) is 0 Å². The number of imidazole rings is 1. The molecule has 0 amide bonds. The Morgan fingerprint density at radius 3 is 2.82 bits per heavy atom. The van der Waals surface area contributed by atoms with Gasteiger partial charge in [-0.3, -0.25) is 0 Å². The Kier molecular flexibility index (Phi) is 4.36. The average Bonchev–Trinajstić information content (AvgIpc) is 2.69. The van der Waals surface area contributed by atoms with E-state index in [1.807, 2.05) is 4.57 Å². The molecular weight excluding hydrogens is 234 g/mol. The number of hydrogen-bond acceptors (Lipinski definition) is 3. The molecule has 1 aliphatic heterocycles. The van der Waals surface area contributed by atoms with E-state index in [9.17, 15) is 5.11 Å². The van der Waals surface area contributed by atoms with Crippen molar-refractivity contribution < 1.29 is 5.11 Å². The predicted molar refractivity (Wildman–Crippen MR) is 70.4 cm³/mol. The van der Waals surface area contributed by atoms with E-state index >= 15 is 0 Å². The van der Waals surface area contributed by atoms with Crippen LogP contribution in [0.5, 0.6) is 0 Å². The number of aliphatic hydroxyl groups is 1. The Balaban J connectivity index is 1.89. The number of aromatic amines is 1. The third-order valence-corrected chi connectivity index (χ3v) is 4.05. The average molecular weight is 255 g/mol. The van der Waals surface area contributed by atoms with Crippen LogP contribution in [0.2, 0.25) is 0 Å². The summed E-state index contributed by atoms with van der Waals surface area (Å²) in [5, 5.41) is 9.21. The van der Waals surface area contributed by atoms with Crippen molar-refractivity contribution in [2.75, 3.05) is 20.1 Å². The van der Waals surface area contributed by atoms with Gasteiger partial charge >= 0.3 is 0 Å². The fourth-order valence-corrected chi connectivity index (χ4v) is 2.74. The minimum atomic E-state index is 0.0561. The first kappa shape index (κ1) is 12.8. The lowest BCUT2D eigenvalue weighted by Crippen LogP contribution is -2.30. The lowest BCUT2D eigenvalue weighted by molar-refractivity contribution is 0.206. The highest BCUT2D eigenvalue weighted by atomic mass is 32.1. The van der Waals surface area contributed by atoms with Crippen molar-refractivity contribution in [1.82, 2.24) is 14.5 Å². The SMILES string of the molecule is CN1CCC(CCn2c(CO)c[nH]c2=S)CC1. The summed E-state index contributed by atoms with van der Waals surface area (Å²) < 4.78 is 2.75. The molecule has 2 N–H and O–H groups in total. The van der Waals surface area contributed by atoms with Crippen molar-refractivity contribution in [2.45, 2.75) is 32.4 Å². The normalized spacial score (nSPS) is 18.7. The zero-order valence-corrected chi connectivity index (χ0v) is 11.2. The van der Waals surface area contributed by atoms with Gasteiger partial charge in [0, 0.05) is 12.7 Å². The first-order valence-corrected chi connectivity index (χ1v) is 6.68. The minimum Gasteiger partial charge on any atom is -0.390 e. The van der Waals surface area contributed by atoms with Gasteiger partial charge in [0.1, 0.15) is 0 Å². The molecule has 17 heavy (non-hydrogen) atoms. The van der Waals surface area contributed by atoms with Crippen molar-refractivity contribution in [3.8, 4) is 0 Å². The lowest BCUT2D eigenvalue weighted by atomic mass is 9.94. The number of aliphatic hydroxyl groups excluding tert-OH is 1. The Hall–Kier alpha value is -0.650. The molecule has 0 atom stereocenters. The van der Waals surface area contributed by atoms with Crippen LogP contribution in [-0.2, 0) is 13.2 Å². The molecule has 1 aromatic rings. The van der Waals surface area contributed by atoms with Gasteiger partial charge in [-0.25, -0.2) is 0 Å². The van der Waals surface area contributed by atoms with Gasteiger partial charge in [0.2, 0.25) is 0 Å². The second-order valence-corrected chi connectivity index (χ2v) is 5.32. The van der Waals surface area contributed by atoms with Crippen molar-refractivity contribution in [1.29, 1.82) is 0 Å². The first-order chi connectivity index (χ1) is 8.20. The molecule has 4 nitrogen and oxygen atoms in total. The van der Waals surface area contributed by atoms with Crippen LogP contribution in [0.15, 0.2) is 6.20 Å². The maximum absolute atomic E-state index is 9.21. The maximum Gasteiger partial charge on any atom is 0.177 e. The maximum atomic E-state index is 9.21. The second-order valence-electron chi connectivity index (χ2n) is 4.93. The van der Waals surface area contributed by atoms with E-state index in [1.165, 1.54) is 25.9 Å². The number of aromatic nitrogens is 2. The lowest BCUT2D eigenvalue weighted by Gasteiger charge is -2.29. The Morgan fingerprint density at radius 1 is 1.47 bits per heavy atom. The van der Waals surface area contributed by atoms with Crippen molar-refractivity contribution >= 4 is 12.2 Å². The molecule has 2 rings (SSSR count). The molecule has 0 radical (unpaired) electrons. The number of rotatable bonds is 4. The number of likely N-dealkylation sites (tertiary alicyclic amines) is 1. The van der Waals surface area contributed by atoms with Crippen LogP contribution in [0.4, 0.5) is 0 Å². The highest BCUT2D eigenvalue weighted by Gasteiger charge is 2.16. The quantitative estimate of drug-likeness (QED) is 0.806. The van der Waals surface area contributed by atoms with Crippen LogP contribution >= 0.6 is 12.2 Å². The molecule has 1 fully saturated rings. The predicted octanol–water partition coefficient (Wildman–Crippen LogP) is 1.77. The number of nitrogens with zero attached hydrogens (tertiary/aromatic N) is 2. The smallest absolute Gasteiger partial charge is 0.177 e. The highest BCUT2D eigenvalue weighted by molar-refractivity contribution is 7.71. The van der Waals surface area contributed by atoms with Crippen LogP contribution in [0.3, 0.4) is 0 Å². The molecule has 1 aromatic heterocycles. The summed E-state index contributed by atoms with van der Waals surface area (Å²) in [6.07, 6.45) is 5.52. The van der Waals surface area contributed by atoms with E-state index in [-0.39, 0.29) is 6.61 Å².